The van der Waals surface area contributed by atoms with Gasteiger partial charge in [0.2, 0.25) is 0 Å². The first kappa shape index (κ1) is 14.2. The summed E-state index contributed by atoms with van der Waals surface area (Å²) in [4.78, 5) is 6.50. The number of aliphatic hydroxyl groups excluding tert-OH is 1. The SMILES string of the molecule is COCc1nc(CN2CCn3nc([C@H](C)O)cc3C2)no1. The summed E-state index contributed by atoms with van der Waals surface area (Å²) >= 11 is 0. The molecule has 2 aromatic heterocycles. The smallest absolute Gasteiger partial charge is 0.252 e. The second kappa shape index (κ2) is 5.92. The van der Waals surface area contributed by atoms with Crippen molar-refractivity contribution < 1.29 is 14.4 Å². The number of fused-ring (bicyclic) bond motifs is 1. The number of nitrogens with zero attached hydrogens (tertiary/aromatic N) is 5. The highest BCUT2D eigenvalue weighted by atomic mass is 16.5. The van der Waals surface area contributed by atoms with Crippen LogP contribution in [-0.2, 0) is 31.0 Å². The molecule has 0 aromatic carbocycles. The lowest BCUT2D eigenvalue weighted by atomic mass is 10.2. The van der Waals surface area contributed by atoms with E-state index in [1.165, 1.54) is 0 Å². The molecule has 0 saturated heterocycles. The van der Waals surface area contributed by atoms with Crippen molar-refractivity contribution in [2.24, 2.45) is 0 Å². The Kier molecular flexibility index (Phi) is 4.00. The van der Waals surface area contributed by atoms with Crippen LogP contribution in [0.5, 0.6) is 0 Å². The molecular weight excluding hydrogens is 274 g/mol. The maximum absolute atomic E-state index is 9.59. The molecule has 114 valence electrons. The lowest BCUT2D eigenvalue weighted by Gasteiger charge is -2.26. The van der Waals surface area contributed by atoms with E-state index in [-0.39, 0.29) is 0 Å². The number of methoxy groups -OCH3 is 1. The van der Waals surface area contributed by atoms with Crippen LogP contribution in [-0.4, -0.2) is 43.6 Å². The summed E-state index contributed by atoms with van der Waals surface area (Å²) in [7, 11) is 1.59. The summed E-state index contributed by atoms with van der Waals surface area (Å²) in [6, 6.07) is 1.95. The summed E-state index contributed by atoms with van der Waals surface area (Å²) in [6.07, 6.45) is -0.537. The van der Waals surface area contributed by atoms with E-state index in [0.717, 1.165) is 25.3 Å². The summed E-state index contributed by atoms with van der Waals surface area (Å²) in [6.45, 7) is 5.10. The summed E-state index contributed by atoms with van der Waals surface area (Å²) in [5.41, 5.74) is 1.81. The highest BCUT2D eigenvalue weighted by Crippen LogP contribution is 2.18. The fraction of sp³-hybridized carbons (Fsp3) is 0.615. The van der Waals surface area contributed by atoms with E-state index in [2.05, 4.69) is 20.1 Å². The highest BCUT2D eigenvalue weighted by Gasteiger charge is 2.21. The van der Waals surface area contributed by atoms with Crippen molar-refractivity contribution in [1.29, 1.82) is 0 Å². The summed E-state index contributed by atoms with van der Waals surface area (Å²) in [5, 5.41) is 17.9. The van der Waals surface area contributed by atoms with Crippen molar-refractivity contribution in [3.8, 4) is 0 Å². The normalized spacial score (nSPS) is 16.9. The molecule has 3 heterocycles. The van der Waals surface area contributed by atoms with Gasteiger partial charge in [-0.05, 0) is 13.0 Å². The molecule has 0 fully saturated rings. The average molecular weight is 293 g/mol. The molecule has 2 aromatic rings. The van der Waals surface area contributed by atoms with E-state index >= 15 is 0 Å². The van der Waals surface area contributed by atoms with E-state index in [1.54, 1.807) is 14.0 Å². The van der Waals surface area contributed by atoms with Gasteiger partial charge in [0.15, 0.2) is 5.82 Å². The molecule has 8 nitrogen and oxygen atoms in total. The molecule has 0 radical (unpaired) electrons. The van der Waals surface area contributed by atoms with Gasteiger partial charge in [-0.25, -0.2) is 0 Å². The largest absolute Gasteiger partial charge is 0.387 e. The van der Waals surface area contributed by atoms with Gasteiger partial charge in [0.25, 0.3) is 5.89 Å². The minimum absolute atomic E-state index is 0.331. The molecule has 0 bridgehead atoms. The summed E-state index contributed by atoms with van der Waals surface area (Å²) in [5.74, 6) is 1.15. The van der Waals surface area contributed by atoms with E-state index in [9.17, 15) is 5.11 Å². The number of hydrogen-bond donors (Lipinski definition) is 1. The Morgan fingerprint density at radius 2 is 2.33 bits per heavy atom. The quantitative estimate of drug-likeness (QED) is 0.857. The molecule has 1 aliphatic heterocycles. The number of aromatic nitrogens is 4. The van der Waals surface area contributed by atoms with Gasteiger partial charge in [-0.2, -0.15) is 10.1 Å². The van der Waals surface area contributed by atoms with Crippen LogP contribution in [0.15, 0.2) is 10.6 Å². The summed E-state index contributed by atoms with van der Waals surface area (Å²) < 4.78 is 12.0. The third kappa shape index (κ3) is 3.12. The van der Waals surface area contributed by atoms with Gasteiger partial charge < -0.3 is 14.4 Å². The molecule has 3 rings (SSSR count). The van der Waals surface area contributed by atoms with Crippen molar-refractivity contribution in [1.82, 2.24) is 24.8 Å². The first-order valence-electron chi connectivity index (χ1n) is 6.93. The van der Waals surface area contributed by atoms with Crippen LogP contribution in [0.3, 0.4) is 0 Å². The number of hydrogen-bond acceptors (Lipinski definition) is 7. The van der Waals surface area contributed by atoms with Gasteiger partial charge in [-0.3, -0.25) is 9.58 Å². The van der Waals surface area contributed by atoms with Gasteiger partial charge in [0.05, 0.1) is 30.6 Å². The van der Waals surface area contributed by atoms with Crippen LogP contribution in [0.4, 0.5) is 0 Å². The van der Waals surface area contributed by atoms with Crippen molar-refractivity contribution in [3.05, 3.63) is 29.2 Å². The van der Waals surface area contributed by atoms with Gasteiger partial charge in [0.1, 0.15) is 6.61 Å². The predicted molar refractivity (Wildman–Crippen MR) is 72.0 cm³/mol. The second-order valence-electron chi connectivity index (χ2n) is 5.21. The zero-order chi connectivity index (χ0) is 14.8. The monoisotopic (exact) mass is 293 g/mol. The van der Waals surface area contributed by atoms with Crippen molar-refractivity contribution >= 4 is 0 Å². The van der Waals surface area contributed by atoms with Crippen LogP contribution < -0.4 is 0 Å². The topological polar surface area (TPSA) is 89.4 Å². The zero-order valence-corrected chi connectivity index (χ0v) is 12.2. The standard InChI is InChI=1S/C13H19N5O3/c1-9(19)11-5-10-6-17(3-4-18(10)15-11)7-12-14-13(8-20-2)21-16-12/h5,9,19H,3-4,6-8H2,1-2H3/t9-/m0/s1. The zero-order valence-electron chi connectivity index (χ0n) is 12.2. The van der Waals surface area contributed by atoms with Crippen LogP contribution in [0.2, 0.25) is 0 Å². The van der Waals surface area contributed by atoms with Crippen molar-refractivity contribution in [2.45, 2.75) is 39.3 Å². The fourth-order valence-corrected chi connectivity index (χ4v) is 2.42. The van der Waals surface area contributed by atoms with Crippen LogP contribution in [0.25, 0.3) is 0 Å². The Bertz CT molecular complexity index is 607. The molecule has 0 saturated carbocycles. The molecule has 1 N–H and O–H groups in total. The molecule has 0 aliphatic carbocycles. The maximum Gasteiger partial charge on any atom is 0.252 e. The van der Waals surface area contributed by atoms with Gasteiger partial charge in [0, 0.05) is 20.2 Å². The van der Waals surface area contributed by atoms with Crippen molar-refractivity contribution in [2.75, 3.05) is 13.7 Å². The molecule has 8 heteroatoms. The average Bonchev–Trinajstić information content (AvgIpc) is 3.05. The lowest BCUT2D eigenvalue weighted by molar-refractivity contribution is 0.151. The Balaban J connectivity index is 1.65. The maximum atomic E-state index is 9.59. The number of aliphatic hydroxyl groups is 1. The Labute approximate surface area is 122 Å². The molecule has 0 spiro atoms. The van der Waals surface area contributed by atoms with Crippen LogP contribution in [0, 0.1) is 0 Å². The van der Waals surface area contributed by atoms with Crippen LogP contribution in [0.1, 0.15) is 36.1 Å². The Morgan fingerprint density at radius 3 is 3.10 bits per heavy atom. The molecular formula is C13H19N5O3. The van der Waals surface area contributed by atoms with Crippen LogP contribution >= 0.6 is 0 Å². The third-order valence-electron chi connectivity index (χ3n) is 3.47. The highest BCUT2D eigenvalue weighted by molar-refractivity contribution is 5.13. The van der Waals surface area contributed by atoms with Gasteiger partial charge in [-0.1, -0.05) is 5.16 Å². The van der Waals surface area contributed by atoms with Crippen molar-refractivity contribution in [3.63, 3.8) is 0 Å². The Hall–Kier alpha value is -1.77. The fourth-order valence-electron chi connectivity index (χ4n) is 2.42. The molecule has 0 unspecified atom stereocenters. The minimum Gasteiger partial charge on any atom is -0.387 e. The number of ether oxygens (including phenoxy) is 1. The van der Waals surface area contributed by atoms with Gasteiger partial charge >= 0.3 is 0 Å². The predicted octanol–water partition coefficient (Wildman–Crippen LogP) is 0.482. The second-order valence-corrected chi connectivity index (χ2v) is 5.21. The van der Waals surface area contributed by atoms with Gasteiger partial charge in [-0.15, -0.1) is 0 Å². The number of rotatable bonds is 5. The minimum atomic E-state index is -0.537. The first-order valence-corrected chi connectivity index (χ1v) is 6.93. The molecule has 21 heavy (non-hydrogen) atoms. The first-order chi connectivity index (χ1) is 10.2. The van der Waals surface area contributed by atoms with E-state index in [0.29, 0.717) is 30.6 Å². The Morgan fingerprint density at radius 1 is 1.48 bits per heavy atom. The third-order valence-corrected chi connectivity index (χ3v) is 3.47. The van der Waals surface area contributed by atoms with E-state index in [1.807, 2.05) is 10.7 Å². The molecule has 0 amide bonds. The molecule has 1 aliphatic rings. The van der Waals surface area contributed by atoms with E-state index in [4.69, 9.17) is 9.26 Å². The molecule has 1 atom stereocenters. The lowest BCUT2D eigenvalue weighted by Crippen LogP contribution is -2.33. The van der Waals surface area contributed by atoms with E-state index < -0.39 is 6.10 Å².